The van der Waals surface area contributed by atoms with Gasteiger partial charge in [0, 0.05) is 17.2 Å². The highest BCUT2D eigenvalue weighted by Gasteiger charge is 2.17. The van der Waals surface area contributed by atoms with Crippen LogP contribution in [0.1, 0.15) is 16.3 Å². The van der Waals surface area contributed by atoms with Gasteiger partial charge in [-0.1, -0.05) is 34.8 Å². The second-order valence-electron chi connectivity index (χ2n) is 5.67. The normalized spacial score (nSPS) is 10.6. The van der Waals surface area contributed by atoms with Gasteiger partial charge in [-0.2, -0.15) is 0 Å². The molecule has 0 saturated carbocycles. The van der Waals surface area contributed by atoms with Crippen molar-refractivity contribution in [1.29, 1.82) is 0 Å². The lowest BCUT2D eigenvalue weighted by molar-refractivity contribution is -0.384. The number of hydrogen-bond donors (Lipinski definition) is 2. The average Bonchev–Trinajstić information content (AvgIpc) is 3.11. The highest BCUT2D eigenvalue weighted by Crippen LogP contribution is 2.36. The fourth-order valence-corrected chi connectivity index (χ4v) is 3.24. The number of anilines is 1. The molecule has 0 aliphatic heterocycles. The molecule has 1 heterocycles. The zero-order valence-corrected chi connectivity index (χ0v) is 16.6. The summed E-state index contributed by atoms with van der Waals surface area (Å²) in [6, 6.07) is 9.07. The van der Waals surface area contributed by atoms with Crippen molar-refractivity contribution < 1.29 is 24.0 Å². The molecule has 0 saturated heterocycles. The van der Waals surface area contributed by atoms with Gasteiger partial charge in [0.25, 0.3) is 11.6 Å². The molecule has 29 heavy (non-hydrogen) atoms. The zero-order valence-electron chi connectivity index (χ0n) is 14.3. The maximum atomic E-state index is 12.3. The van der Waals surface area contributed by atoms with E-state index in [1.165, 1.54) is 24.3 Å². The number of non-ortho nitro benzene ring substituents is 1. The van der Waals surface area contributed by atoms with Crippen LogP contribution in [0.15, 0.2) is 46.9 Å². The Morgan fingerprint density at radius 2 is 1.83 bits per heavy atom. The van der Waals surface area contributed by atoms with Gasteiger partial charge in [-0.3, -0.25) is 14.9 Å². The summed E-state index contributed by atoms with van der Waals surface area (Å²) in [6.45, 7) is -0.0730. The molecular weight excluding hydrogens is 447 g/mol. The molecule has 2 N–H and O–H groups in total. The van der Waals surface area contributed by atoms with E-state index in [2.05, 4.69) is 5.32 Å². The molecule has 0 spiro atoms. The molecule has 3 rings (SSSR count). The van der Waals surface area contributed by atoms with Gasteiger partial charge in [-0.25, -0.2) is 0 Å². The number of amides is 1. The maximum absolute atomic E-state index is 12.3. The van der Waals surface area contributed by atoms with E-state index in [0.29, 0.717) is 10.8 Å². The van der Waals surface area contributed by atoms with Gasteiger partial charge in [-0.05, 0) is 30.3 Å². The van der Waals surface area contributed by atoms with Gasteiger partial charge in [0.1, 0.15) is 18.1 Å². The minimum Gasteiger partial charge on any atom is -0.506 e. The number of halogens is 3. The molecule has 0 radical (unpaired) electrons. The van der Waals surface area contributed by atoms with Gasteiger partial charge in [0.05, 0.1) is 20.7 Å². The fraction of sp³-hybridized carbons (Fsp3) is 0.0556. The minimum absolute atomic E-state index is 0.0730. The van der Waals surface area contributed by atoms with E-state index in [1.54, 1.807) is 0 Å². The Morgan fingerprint density at radius 3 is 2.48 bits per heavy atom. The van der Waals surface area contributed by atoms with Crippen LogP contribution < -0.4 is 10.1 Å². The molecule has 0 fully saturated rings. The molecule has 8 nitrogen and oxygen atoms in total. The second-order valence-corrected chi connectivity index (χ2v) is 6.92. The first-order valence-corrected chi connectivity index (χ1v) is 9.03. The van der Waals surface area contributed by atoms with Crippen LogP contribution in [0.2, 0.25) is 15.1 Å². The lowest BCUT2D eigenvalue weighted by Crippen LogP contribution is -2.11. The predicted octanol–water partition coefficient (Wildman–Crippen LogP) is 5.68. The van der Waals surface area contributed by atoms with Crippen molar-refractivity contribution in [2.24, 2.45) is 0 Å². The van der Waals surface area contributed by atoms with Crippen LogP contribution in [-0.4, -0.2) is 15.9 Å². The van der Waals surface area contributed by atoms with Gasteiger partial charge in [0.2, 0.25) is 0 Å². The molecule has 1 amide bonds. The Labute approximate surface area is 178 Å². The first-order valence-electron chi connectivity index (χ1n) is 7.89. The first-order chi connectivity index (χ1) is 13.7. The van der Waals surface area contributed by atoms with Crippen LogP contribution in [0.25, 0.3) is 0 Å². The van der Waals surface area contributed by atoms with Crippen LogP contribution in [0.3, 0.4) is 0 Å². The highest BCUT2D eigenvalue weighted by atomic mass is 35.5. The number of phenols is 1. The number of carbonyl (C=O) groups excluding carboxylic acids is 1. The molecule has 3 aromatic rings. The molecule has 1 aromatic heterocycles. The number of hydrogen-bond acceptors (Lipinski definition) is 6. The van der Waals surface area contributed by atoms with Crippen molar-refractivity contribution in [2.75, 3.05) is 5.32 Å². The van der Waals surface area contributed by atoms with Crippen molar-refractivity contribution in [3.63, 3.8) is 0 Å². The number of rotatable bonds is 6. The summed E-state index contributed by atoms with van der Waals surface area (Å²) in [6.07, 6.45) is 0. The van der Waals surface area contributed by atoms with E-state index in [1.807, 2.05) is 0 Å². The molecule has 0 bridgehead atoms. The Kier molecular flexibility index (Phi) is 6.17. The number of aromatic hydroxyl groups is 1. The number of carbonyl (C=O) groups is 1. The fourth-order valence-electron chi connectivity index (χ4n) is 2.31. The largest absolute Gasteiger partial charge is 0.506 e. The number of nitrogens with one attached hydrogen (secondary N) is 1. The lowest BCUT2D eigenvalue weighted by atomic mass is 10.2. The van der Waals surface area contributed by atoms with Crippen LogP contribution >= 0.6 is 34.8 Å². The molecule has 150 valence electrons. The van der Waals surface area contributed by atoms with Crippen molar-refractivity contribution in [2.45, 2.75) is 6.61 Å². The van der Waals surface area contributed by atoms with Gasteiger partial charge in [0.15, 0.2) is 11.5 Å². The highest BCUT2D eigenvalue weighted by molar-refractivity contribution is 6.40. The standard InChI is InChI=1S/C18H11Cl3N2O6/c19-9-5-12(20)17(13(21)6-9)28-8-11-2-4-16(29-11)18(25)22-14-7-10(23(26)27)1-3-15(14)24/h1-7,24H,8H2,(H,22,25). The number of nitro groups is 1. The molecule has 0 aliphatic carbocycles. The van der Waals surface area contributed by atoms with E-state index >= 15 is 0 Å². The van der Waals surface area contributed by atoms with E-state index in [-0.39, 0.29) is 45.3 Å². The number of ether oxygens (including phenoxy) is 1. The monoisotopic (exact) mass is 456 g/mol. The van der Waals surface area contributed by atoms with E-state index in [0.717, 1.165) is 18.2 Å². The van der Waals surface area contributed by atoms with E-state index < -0.39 is 10.8 Å². The predicted molar refractivity (Wildman–Crippen MR) is 107 cm³/mol. The van der Waals surface area contributed by atoms with E-state index in [9.17, 15) is 20.0 Å². The average molecular weight is 458 g/mol. The molecular formula is C18H11Cl3N2O6. The summed E-state index contributed by atoms with van der Waals surface area (Å²) >= 11 is 17.9. The van der Waals surface area contributed by atoms with E-state index in [4.69, 9.17) is 44.0 Å². The Balaban J connectivity index is 1.69. The summed E-state index contributed by atoms with van der Waals surface area (Å²) in [5.41, 5.74) is -0.415. The SMILES string of the molecule is O=C(Nc1cc([N+](=O)[O-])ccc1O)c1ccc(COc2c(Cl)cc(Cl)cc2Cl)o1. The Hall–Kier alpha value is -2.94. The second kappa shape index (κ2) is 8.60. The summed E-state index contributed by atoms with van der Waals surface area (Å²) in [5, 5.41) is 23.7. The molecule has 0 atom stereocenters. The zero-order chi connectivity index (χ0) is 21.1. The van der Waals surface area contributed by atoms with Crippen molar-refractivity contribution in [1.82, 2.24) is 0 Å². The minimum atomic E-state index is -0.713. The van der Waals surface area contributed by atoms with Gasteiger partial charge in [-0.15, -0.1) is 0 Å². The summed E-state index contributed by atoms with van der Waals surface area (Å²) < 4.78 is 10.9. The van der Waals surface area contributed by atoms with Crippen LogP contribution in [-0.2, 0) is 6.61 Å². The third-order valence-electron chi connectivity index (χ3n) is 3.65. The topological polar surface area (TPSA) is 115 Å². The van der Waals surface area contributed by atoms with Crippen LogP contribution in [0.5, 0.6) is 11.5 Å². The van der Waals surface area contributed by atoms with Gasteiger partial charge >= 0.3 is 0 Å². The summed E-state index contributed by atoms with van der Waals surface area (Å²) in [5.74, 6) is -0.634. The number of benzene rings is 2. The quantitative estimate of drug-likeness (QED) is 0.279. The maximum Gasteiger partial charge on any atom is 0.291 e. The molecule has 11 heteroatoms. The summed E-state index contributed by atoms with van der Waals surface area (Å²) in [4.78, 5) is 22.5. The number of furan rings is 1. The Bertz CT molecular complexity index is 1080. The summed E-state index contributed by atoms with van der Waals surface area (Å²) in [7, 11) is 0. The van der Waals surface area contributed by atoms with Crippen molar-refractivity contribution in [3.8, 4) is 11.5 Å². The lowest BCUT2D eigenvalue weighted by Gasteiger charge is -2.09. The number of nitrogens with zero attached hydrogens (tertiary/aromatic N) is 1. The number of nitro benzene ring substituents is 1. The molecule has 0 unspecified atom stereocenters. The van der Waals surface area contributed by atoms with Crippen LogP contribution in [0.4, 0.5) is 11.4 Å². The van der Waals surface area contributed by atoms with Crippen molar-refractivity contribution >= 4 is 52.1 Å². The number of phenolic OH excluding ortho intramolecular Hbond substituents is 1. The third-order valence-corrected chi connectivity index (χ3v) is 4.43. The molecule has 0 aliphatic rings. The third kappa shape index (κ3) is 4.92. The van der Waals surface area contributed by atoms with Crippen LogP contribution in [0, 0.1) is 10.1 Å². The first kappa shape index (κ1) is 20.8. The smallest absolute Gasteiger partial charge is 0.291 e. The van der Waals surface area contributed by atoms with Crippen molar-refractivity contribution in [3.05, 3.63) is 79.2 Å². The molecule has 2 aromatic carbocycles. The Morgan fingerprint density at radius 1 is 1.14 bits per heavy atom. The van der Waals surface area contributed by atoms with Gasteiger partial charge < -0.3 is 19.6 Å².